The number of allylic oxidation sites excluding steroid dienone is 1. The zero-order valence-electron chi connectivity index (χ0n) is 16.5. The normalized spacial score (nSPS) is 20.4. The summed E-state index contributed by atoms with van der Waals surface area (Å²) in [4.78, 5) is 7.40. The maximum Gasteiger partial charge on any atom is 0.140 e. The fourth-order valence-corrected chi connectivity index (χ4v) is 4.07. The van der Waals surface area contributed by atoms with Crippen LogP contribution in [-0.2, 0) is 4.74 Å². The first-order valence-corrected chi connectivity index (χ1v) is 9.79. The molecule has 0 aromatic heterocycles. The molecule has 0 aliphatic carbocycles. The molecule has 140 valence electrons. The predicted molar refractivity (Wildman–Crippen MR) is 106 cm³/mol. The van der Waals surface area contributed by atoms with Gasteiger partial charge in [0, 0.05) is 43.5 Å². The fourth-order valence-electron chi connectivity index (χ4n) is 4.07. The van der Waals surface area contributed by atoms with Crippen molar-refractivity contribution in [3.05, 3.63) is 36.3 Å². The molecule has 0 amide bonds. The van der Waals surface area contributed by atoms with E-state index in [2.05, 4.69) is 51.2 Å². The number of nitrogens with zero attached hydrogens (tertiary/aromatic N) is 2. The lowest BCUT2D eigenvalue weighted by Crippen LogP contribution is -2.41. The molecule has 2 rings (SSSR count). The van der Waals surface area contributed by atoms with Crippen LogP contribution in [0.25, 0.3) is 0 Å². The summed E-state index contributed by atoms with van der Waals surface area (Å²) >= 11 is 0. The highest BCUT2D eigenvalue weighted by molar-refractivity contribution is 5.89. The van der Waals surface area contributed by atoms with Crippen LogP contribution >= 0.6 is 0 Å². The summed E-state index contributed by atoms with van der Waals surface area (Å²) in [5.41, 5.74) is 1.93. The molecule has 4 nitrogen and oxygen atoms in total. The van der Waals surface area contributed by atoms with Crippen LogP contribution in [0.3, 0.4) is 0 Å². The van der Waals surface area contributed by atoms with Gasteiger partial charge in [0.1, 0.15) is 11.7 Å². The second-order valence-electron chi connectivity index (χ2n) is 7.09. The minimum absolute atomic E-state index is 0.441. The van der Waals surface area contributed by atoms with E-state index >= 15 is 0 Å². The zero-order chi connectivity index (χ0) is 18.4. The molecule has 0 aromatic rings. The number of rotatable bonds is 8. The lowest BCUT2D eigenvalue weighted by molar-refractivity contribution is 0.0520. The van der Waals surface area contributed by atoms with Gasteiger partial charge in [-0.1, -0.05) is 52.8 Å². The van der Waals surface area contributed by atoms with Crippen molar-refractivity contribution in [2.24, 2.45) is 16.8 Å². The first-order valence-electron chi connectivity index (χ1n) is 9.79. The number of hydrogen-bond acceptors (Lipinski definition) is 4. The standard InChI is InChI=1S/C21H35N3O/c1-7-16(8-2)19(10-4)20-22-15(5)18(9-3)21(23-20)24(6)17-11-13-25-14-12-17/h9,16-17,19H,3,5,7-8,10-14H2,1-2,4,6H3,(H,22,23)/t19-/m1/s1. The summed E-state index contributed by atoms with van der Waals surface area (Å²) in [6, 6.07) is 0.461. The summed E-state index contributed by atoms with van der Waals surface area (Å²) in [7, 11) is 2.15. The third-order valence-electron chi connectivity index (χ3n) is 5.76. The molecule has 0 bridgehead atoms. The topological polar surface area (TPSA) is 36.9 Å². The Balaban J connectivity index is 2.36. The third kappa shape index (κ3) is 4.35. The predicted octanol–water partition coefficient (Wildman–Crippen LogP) is 4.47. The molecular weight excluding hydrogens is 310 g/mol. The second kappa shape index (κ2) is 9.23. The maximum atomic E-state index is 5.52. The van der Waals surface area contributed by atoms with Crippen LogP contribution in [-0.4, -0.2) is 37.0 Å². The van der Waals surface area contributed by atoms with E-state index in [9.17, 15) is 0 Å². The molecule has 1 N–H and O–H groups in total. The quantitative estimate of drug-likeness (QED) is 0.705. The minimum Gasteiger partial charge on any atom is -0.381 e. The lowest BCUT2D eigenvalue weighted by Gasteiger charge is -2.37. The van der Waals surface area contributed by atoms with E-state index in [-0.39, 0.29) is 0 Å². The Morgan fingerprint density at radius 3 is 2.40 bits per heavy atom. The summed E-state index contributed by atoms with van der Waals surface area (Å²) in [6.45, 7) is 16.7. The zero-order valence-corrected chi connectivity index (χ0v) is 16.5. The first-order chi connectivity index (χ1) is 12.1. The van der Waals surface area contributed by atoms with Gasteiger partial charge in [0.05, 0.1) is 0 Å². The number of aliphatic imine (C=N–C) groups is 1. The van der Waals surface area contributed by atoms with Crippen LogP contribution in [0.2, 0.25) is 0 Å². The Morgan fingerprint density at radius 1 is 1.24 bits per heavy atom. The highest BCUT2D eigenvalue weighted by Crippen LogP contribution is 2.30. The van der Waals surface area contributed by atoms with Gasteiger partial charge in [0.25, 0.3) is 0 Å². The van der Waals surface area contributed by atoms with Crippen LogP contribution in [0, 0.1) is 11.8 Å². The molecule has 2 aliphatic rings. The van der Waals surface area contributed by atoms with Gasteiger partial charge < -0.3 is 15.0 Å². The van der Waals surface area contributed by atoms with Gasteiger partial charge >= 0.3 is 0 Å². The SMILES string of the molecule is C=CC1=C(N(C)C2CCOCC2)N=C([C@H](CC)C(CC)CC)NC1=C. The maximum absolute atomic E-state index is 5.52. The van der Waals surface area contributed by atoms with Gasteiger partial charge in [0.15, 0.2) is 0 Å². The summed E-state index contributed by atoms with van der Waals surface area (Å²) in [5.74, 6) is 3.16. The van der Waals surface area contributed by atoms with Gasteiger partial charge in [-0.2, -0.15) is 0 Å². The van der Waals surface area contributed by atoms with Crippen LogP contribution in [0.15, 0.2) is 41.3 Å². The molecule has 0 unspecified atom stereocenters. The van der Waals surface area contributed by atoms with E-state index in [1.807, 2.05) is 6.08 Å². The van der Waals surface area contributed by atoms with Crippen molar-refractivity contribution in [2.75, 3.05) is 20.3 Å². The molecule has 0 saturated carbocycles. The first kappa shape index (κ1) is 19.8. The van der Waals surface area contributed by atoms with Crippen molar-refractivity contribution in [1.29, 1.82) is 0 Å². The average molecular weight is 346 g/mol. The molecule has 4 heteroatoms. The van der Waals surface area contributed by atoms with E-state index in [0.29, 0.717) is 17.9 Å². The highest BCUT2D eigenvalue weighted by atomic mass is 16.5. The molecule has 1 atom stereocenters. The fraction of sp³-hybridized carbons (Fsp3) is 0.667. The van der Waals surface area contributed by atoms with Gasteiger partial charge in [-0.25, -0.2) is 4.99 Å². The number of nitrogens with one attached hydrogen (secondary N) is 1. The Labute approximate surface area is 153 Å². The largest absolute Gasteiger partial charge is 0.381 e. The Bertz CT molecular complexity index is 539. The van der Waals surface area contributed by atoms with E-state index < -0.39 is 0 Å². The Morgan fingerprint density at radius 2 is 1.88 bits per heavy atom. The van der Waals surface area contributed by atoms with Crippen molar-refractivity contribution in [3.63, 3.8) is 0 Å². The number of amidine groups is 1. The lowest BCUT2D eigenvalue weighted by atomic mass is 9.84. The average Bonchev–Trinajstić information content (AvgIpc) is 2.65. The van der Waals surface area contributed by atoms with Crippen molar-refractivity contribution in [1.82, 2.24) is 10.2 Å². The summed E-state index contributed by atoms with van der Waals surface area (Å²) in [5, 5.41) is 3.48. The van der Waals surface area contributed by atoms with Crippen molar-refractivity contribution in [2.45, 2.75) is 58.9 Å². The monoisotopic (exact) mass is 345 g/mol. The second-order valence-corrected chi connectivity index (χ2v) is 7.09. The van der Waals surface area contributed by atoms with Crippen molar-refractivity contribution < 1.29 is 4.74 Å². The molecule has 1 saturated heterocycles. The highest BCUT2D eigenvalue weighted by Gasteiger charge is 2.29. The van der Waals surface area contributed by atoms with Crippen LogP contribution < -0.4 is 5.32 Å². The van der Waals surface area contributed by atoms with E-state index in [1.165, 1.54) is 12.8 Å². The van der Waals surface area contributed by atoms with Gasteiger partial charge in [0.2, 0.25) is 0 Å². The number of hydrogen-bond donors (Lipinski definition) is 1. The van der Waals surface area contributed by atoms with Crippen molar-refractivity contribution in [3.8, 4) is 0 Å². The van der Waals surface area contributed by atoms with Crippen LogP contribution in [0.1, 0.15) is 52.9 Å². The molecule has 0 radical (unpaired) electrons. The molecule has 25 heavy (non-hydrogen) atoms. The van der Waals surface area contributed by atoms with Crippen LogP contribution in [0.4, 0.5) is 0 Å². The molecule has 0 aromatic carbocycles. The molecule has 1 fully saturated rings. The smallest absolute Gasteiger partial charge is 0.140 e. The molecule has 2 heterocycles. The third-order valence-corrected chi connectivity index (χ3v) is 5.76. The van der Waals surface area contributed by atoms with Crippen molar-refractivity contribution >= 4 is 5.84 Å². The molecule has 2 aliphatic heterocycles. The van der Waals surface area contributed by atoms with Gasteiger partial charge in [-0.3, -0.25) is 0 Å². The van der Waals surface area contributed by atoms with E-state index in [4.69, 9.17) is 9.73 Å². The molecule has 0 spiro atoms. The van der Waals surface area contributed by atoms with Gasteiger partial charge in [-0.05, 0) is 25.2 Å². The number of ether oxygens (including phenoxy) is 1. The van der Waals surface area contributed by atoms with E-state index in [1.54, 1.807) is 0 Å². The minimum atomic E-state index is 0.441. The Hall–Kier alpha value is -1.55. The summed E-state index contributed by atoms with van der Waals surface area (Å²) in [6.07, 6.45) is 7.39. The Kier molecular flexibility index (Phi) is 7.30. The van der Waals surface area contributed by atoms with Crippen LogP contribution in [0.5, 0.6) is 0 Å². The van der Waals surface area contributed by atoms with E-state index in [0.717, 1.165) is 55.4 Å². The summed E-state index contributed by atoms with van der Waals surface area (Å²) < 4.78 is 5.52. The van der Waals surface area contributed by atoms with Gasteiger partial charge in [-0.15, -0.1) is 0 Å². The molecular formula is C21H35N3O.